The van der Waals surface area contributed by atoms with Crippen molar-refractivity contribution in [2.45, 2.75) is 6.92 Å². The van der Waals surface area contributed by atoms with E-state index in [9.17, 15) is 4.91 Å². The van der Waals surface area contributed by atoms with Crippen molar-refractivity contribution in [2.75, 3.05) is 14.2 Å². The van der Waals surface area contributed by atoms with Crippen LogP contribution < -0.4 is 9.47 Å². The first-order valence-electron chi connectivity index (χ1n) is 6.73. The van der Waals surface area contributed by atoms with Gasteiger partial charge in [0.05, 0.1) is 14.2 Å². The topological polar surface area (TPSA) is 65.2 Å². The maximum atomic E-state index is 11.3. The lowest BCUT2D eigenvalue weighted by Gasteiger charge is -2.08. The van der Waals surface area contributed by atoms with Crippen molar-refractivity contribution in [1.29, 1.82) is 0 Å². The van der Waals surface area contributed by atoms with E-state index in [1.807, 2.05) is 25.1 Å². The van der Waals surface area contributed by atoms with E-state index in [0.29, 0.717) is 22.8 Å². The van der Waals surface area contributed by atoms with Gasteiger partial charge < -0.3 is 9.47 Å². The molecule has 3 aromatic rings. The highest BCUT2D eigenvalue weighted by molar-refractivity contribution is 5.77. The van der Waals surface area contributed by atoms with Crippen LogP contribution in [0.15, 0.2) is 41.7 Å². The van der Waals surface area contributed by atoms with Gasteiger partial charge in [0.25, 0.3) is 0 Å². The number of aryl methyl sites for hydroxylation is 1. The molecular formula is C16H15N3O3. The number of pyridine rings is 1. The van der Waals surface area contributed by atoms with Gasteiger partial charge in [-0.05, 0) is 41.9 Å². The van der Waals surface area contributed by atoms with Crippen LogP contribution in [0.3, 0.4) is 0 Å². The van der Waals surface area contributed by atoms with Gasteiger partial charge in [-0.3, -0.25) is 4.40 Å². The fourth-order valence-electron chi connectivity index (χ4n) is 2.46. The van der Waals surface area contributed by atoms with Crippen molar-refractivity contribution < 1.29 is 9.47 Å². The van der Waals surface area contributed by atoms with Crippen molar-refractivity contribution in [3.63, 3.8) is 0 Å². The summed E-state index contributed by atoms with van der Waals surface area (Å²) in [6, 6.07) is 9.18. The quantitative estimate of drug-likeness (QED) is 0.688. The molecule has 0 unspecified atom stereocenters. The molecule has 0 aliphatic rings. The summed E-state index contributed by atoms with van der Waals surface area (Å²) in [7, 11) is 3.14. The molecule has 0 amide bonds. The second-order valence-electron chi connectivity index (χ2n) is 4.83. The van der Waals surface area contributed by atoms with Crippen LogP contribution >= 0.6 is 0 Å². The van der Waals surface area contributed by atoms with Crippen LogP contribution in [0.2, 0.25) is 0 Å². The third-order valence-electron chi connectivity index (χ3n) is 3.56. The average molecular weight is 297 g/mol. The number of hydrogen-bond acceptors (Lipinski definition) is 5. The molecule has 0 spiro atoms. The fourth-order valence-corrected chi connectivity index (χ4v) is 2.46. The predicted molar refractivity (Wildman–Crippen MR) is 83.9 cm³/mol. The summed E-state index contributed by atoms with van der Waals surface area (Å²) in [5, 5.41) is 3.15. The molecule has 0 aliphatic carbocycles. The largest absolute Gasteiger partial charge is 0.493 e. The molecule has 0 fully saturated rings. The predicted octanol–water partition coefficient (Wildman–Crippen LogP) is 3.72. The van der Waals surface area contributed by atoms with Gasteiger partial charge in [-0.2, -0.15) is 0 Å². The third-order valence-corrected chi connectivity index (χ3v) is 3.56. The molecule has 0 bridgehead atoms. The standard InChI is InChI=1S/C16H15N3O3/c1-10-5-4-8-19-15(10)17-14(16(19)18-20)11-6-7-12(21-2)13(9-11)22-3/h4-9H,1-3H3. The maximum absolute atomic E-state index is 11.3. The molecule has 6 nitrogen and oxygen atoms in total. The summed E-state index contributed by atoms with van der Waals surface area (Å²) < 4.78 is 12.2. The lowest BCUT2D eigenvalue weighted by Crippen LogP contribution is -1.91. The number of methoxy groups -OCH3 is 2. The molecule has 0 N–H and O–H groups in total. The van der Waals surface area contributed by atoms with Gasteiger partial charge >= 0.3 is 0 Å². The average Bonchev–Trinajstić information content (AvgIpc) is 2.94. The van der Waals surface area contributed by atoms with Crippen molar-refractivity contribution in [1.82, 2.24) is 9.38 Å². The minimum absolute atomic E-state index is 0.269. The molecule has 0 radical (unpaired) electrons. The highest BCUT2D eigenvalue weighted by Gasteiger charge is 2.17. The van der Waals surface area contributed by atoms with Gasteiger partial charge in [0.15, 0.2) is 11.5 Å². The maximum Gasteiger partial charge on any atom is 0.209 e. The summed E-state index contributed by atoms with van der Waals surface area (Å²) in [4.78, 5) is 15.9. The zero-order valence-corrected chi connectivity index (χ0v) is 12.5. The van der Waals surface area contributed by atoms with Crippen molar-refractivity contribution in [2.24, 2.45) is 5.18 Å². The third kappa shape index (κ3) is 2.09. The van der Waals surface area contributed by atoms with Gasteiger partial charge in [-0.25, -0.2) is 4.98 Å². The van der Waals surface area contributed by atoms with E-state index in [1.54, 1.807) is 36.9 Å². The summed E-state index contributed by atoms with van der Waals surface area (Å²) in [5.74, 6) is 1.46. The van der Waals surface area contributed by atoms with Crippen LogP contribution in [0.4, 0.5) is 5.82 Å². The lowest BCUT2D eigenvalue weighted by molar-refractivity contribution is 0.355. The number of benzene rings is 1. The Labute approximate surface area is 127 Å². The Morgan fingerprint density at radius 3 is 2.59 bits per heavy atom. The molecule has 0 aliphatic heterocycles. The van der Waals surface area contributed by atoms with Gasteiger partial charge in [0, 0.05) is 11.8 Å². The minimum Gasteiger partial charge on any atom is -0.493 e. The first-order valence-corrected chi connectivity index (χ1v) is 6.73. The Bertz CT molecular complexity index is 855. The number of imidazole rings is 1. The lowest BCUT2D eigenvalue weighted by atomic mass is 10.1. The first-order chi connectivity index (χ1) is 10.7. The second kappa shape index (κ2) is 5.48. The molecule has 0 atom stereocenters. The number of rotatable bonds is 4. The van der Waals surface area contributed by atoms with Gasteiger partial charge in [0.1, 0.15) is 11.3 Å². The summed E-state index contributed by atoms with van der Waals surface area (Å²) in [5.41, 5.74) is 2.95. The monoisotopic (exact) mass is 297 g/mol. The van der Waals surface area contributed by atoms with Crippen LogP contribution in [0.25, 0.3) is 16.9 Å². The highest BCUT2D eigenvalue weighted by atomic mass is 16.5. The molecule has 2 heterocycles. The summed E-state index contributed by atoms with van der Waals surface area (Å²) in [6.45, 7) is 1.94. The van der Waals surface area contributed by atoms with Crippen molar-refractivity contribution in [3.8, 4) is 22.8 Å². The number of fused-ring (bicyclic) bond motifs is 1. The molecule has 6 heteroatoms. The van der Waals surface area contributed by atoms with Gasteiger partial charge in [-0.15, -0.1) is 4.91 Å². The Balaban J connectivity index is 2.26. The van der Waals surface area contributed by atoms with E-state index in [2.05, 4.69) is 10.2 Å². The van der Waals surface area contributed by atoms with Gasteiger partial charge in [-0.1, -0.05) is 6.07 Å². The van der Waals surface area contributed by atoms with Crippen LogP contribution in [0.5, 0.6) is 11.5 Å². The molecular weight excluding hydrogens is 282 g/mol. The molecule has 2 aromatic heterocycles. The van der Waals surface area contributed by atoms with E-state index >= 15 is 0 Å². The fraction of sp³-hybridized carbons (Fsp3) is 0.188. The van der Waals surface area contributed by atoms with E-state index in [4.69, 9.17) is 9.47 Å². The number of aromatic nitrogens is 2. The Hall–Kier alpha value is -2.89. The number of nitroso groups, excluding NO2 is 1. The van der Waals surface area contributed by atoms with Crippen molar-refractivity contribution >= 4 is 11.5 Å². The number of nitrogens with zero attached hydrogens (tertiary/aromatic N) is 3. The minimum atomic E-state index is 0.269. The van der Waals surface area contributed by atoms with Crippen LogP contribution in [-0.2, 0) is 0 Å². The van der Waals surface area contributed by atoms with Crippen molar-refractivity contribution in [3.05, 3.63) is 47.0 Å². The van der Waals surface area contributed by atoms with E-state index < -0.39 is 0 Å². The normalized spacial score (nSPS) is 10.7. The Kier molecular flexibility index (Phi) is 3.50. The van der Waals surface area contributed by atoms with Crippen LogP contribution in [0.1, 0.15) is 5.56 Å². The zero-order chi connectivity index (χ0) is 15.7. The Morgan fingerprint density at radius 2 is 1.91 bits per heavy atom. The van der Waals surface area contributed by atoms with E-state index in [1.165, 1.54) is 0 Å². The molecule has 0 saturated carbocycles. The molecule has 112 valence electrons. The van der Waals surface area contributed by atoms with Crippen LogP contribution in [-0.4, -0.2) is 23.6 Å². The highest BCUT2D eigenvalue weighted by Crippen LogP contribution is 2.36. The van der Waals surface area contributed by atoms with Crippen LogP contribution in [0, 0.1) is 11.8 Å². The summed E-state index contributed by atoms with van der Waals surface area (Å²) >= 11 is 0. The molecule has 0 saturated heterocycles. The SMILES string of the molecule is COc1ccc(-c2nc3c(C)cccn3c2N=O)cc1OC. The second-order valence-corrected chi connectivity index (χ2v) is 4.83. The molecule has 3 rings (SSSR count). The number of ether oxygens (including phenoxy) is 2. The van der Waals surface area contributed by atoms with E-state index in [0.717, 1.165) is 11.1 Å². The number of hydrogen-bond donors (Lipinski definition) is 0. The van der Waals surface area contributed by atoms with Gasteiger partial charge in [0.2, 0.25) is 5.82 Å². The molecule has 22 heavy (non-hydrogen) atoms. The Morgan fingerprint density at radius 1 is 1.14 bits per heavy atom. The van der Waals surface area contributed by atoms with E-state index in [-0.39, 0.29) is 5.82 Å². The molecule has 1 aromatic carbocycles. The summed E-state index contributed by atoms with van der Waals surface area (Å²) in [6.07, 6.45) is 1.77. The zero-order valence-electron chi connectivity index (χ0n) is 12.5. The smallest absolute Gasteiger partial charge is 0.209 e. The first kappa shape index (κ1) is 14.1.